The normalized spacial score (nSPS) is 10.7. The van der Waals surface area contributed by atoms with Gasteiger partial charge in [-0.15, -0.1) is 0 Å². The summed E-state index contributed by atoms with van der Waals surface area (Å²) in [6, 6.07) is 14.2. The van der Waals surface area contributed by atoms with Gasteiger partial charge in [-0.25, -0.2) is 4.39 Å². The van der Waals surface area contributed by atoms with Gasteiger partial charge in [0, 0.05) is 12.6 Å². The van der Waals surface area contributed by atoms with Crippen LogP contribution in [0, 0.1) is 12.7 Å². The molecule has 5 heteroatoms. The maximum Gasteiger partial charge on any atom is 0.234 e. The van der Waals surface area contributed by atoms with Crippen molar-refractivity contribution in [3.8, 4) is 5.75 Å². The molecule has 0 aromatic heterocycles. The molecule has 0 spiro atoms. The fraction of sp³-hybridized carbons (Fsp3) is 0.350. The van der Waals surface area contributed by atoms with Gasteiger partial charge in [0.15, 0.2) is 0 Å². The minimum atomic E-state index is -0.337. The predicted octanol–water partition coefficient (Wildman–Crippen LogP) is 3.15. The van der Waals surface area contributed by atoms with E-state index in [1.165, 1.54) is 23.3 Å². The molecule has 1 amide bonds. The highest BCUT2D eigenvalue weighted by atomic mass is 19.1. The van der Waals surface area contributed by atoms with E-state index in [2.05, 4.69) is 29.3 Å². The Morgan fingerprint density at radius 2 is 2.00 bits per heavy atom. The van der Waals surface area contributed by atoms with Crippen LogP contribution in [0.4, 0.5) is 4.39 Å². The Labute approximate surface area is 148 Å². The number of hydrogen-bond donors (Lipinski definition) is 1. The van der Waals surface area contributed by atoms with Crippen molar-refractivity contribution in [3.63, 3.8) is 0 Å². The molecule has 0 unspecified atom stereocenters. The zero-order chi connectivity index (χ0) is 18.1. The highest BCUT2D eigenvalue weighted by Gasteiger charge is 2.10. The quantitative estimate of drug-likeness (QED) is 0.711. The number of benzene rings is 2. The summed E-state index contributed by atoms with van der Waals surface area (Å²) in [6.07, 6.45) is 0. The molecule has 0 aliphatic heterocycles. The van der Waals surface area contributed by atoms with Crippen molar-refractivity contribution in [3.05, 3.63) is 65.5 Å². The molecule has 134 valence electrons. The van der Waals surface area contributed by atoms with Gasteiger partial charge in [0.05, 0.1) is 13.1 Å². The standard InChI is InChI=1S/C20H25FN2O2/c1-3-23(14-17-8-5-4-7-16(17)2)15-20(24)22-11-12-25-19-10-6-9-18(21)13-19/h4-10,13H,3,11-12,14-15H2,1-2H3,(H,22,24). The number of carbonyl (C=O) groups is 1. The van der Waals surface area contributed by atoms with E-state index < -0.39 is 0 Å². The van der Waals surface area contributed by atoms with Crippen LogP contribution in [-0.4, -0.2) is 37.0 Å². The minimum absolute atomic E-state index is 0.0433. The monoisotopic (exact) mass is 344 g/mol. The Bertz CT molecular complexity index is 691. The van der Waals surface area contributed by atoms with Gasteiger partial charge in [-0.1, -0.05) is 37.3 Å². The number of aryl methyl sites for hydroxylation is 1. The van der Waals surface area contributed by atoms with Crippen LogP contribution in [0.3, 0.4) is 0 Å². The maximum absolute atomic E-state index is 13.0. The SMILES string of the molecule is CCN(CC(=O)NCCOc1cccc(F)c1)Cc1ccccc1C. The third-order valence-electron chi connectivity index (χ3n) is 3.96. The molecule has 0 bridgehead atoms. The summed E-state index contributed by atoms with van der Waals surface area (Å²) < 4.78 is 18.5. The number of carbonyl (C=O) groups excluding carboxylic acids is 1. The van der Waals surface area contributed by atoms with Crippen molar-refractivity contribution in [2.75, 3.05) is 26.2 Å². The summed E-state index contributed by atoms with van der Waals surface area (Å²) in [7, 11) is 0. The smallest absolute Gasteiger partial charge is 0.234 e. The maximum atomic E-state index is 13.0. The van der Waals surface area contributed by atoms with E-state index in [0.717, 1.165) is 13.1 Å². The van der Waals surface area contributed by atoms with Crippen molar-refractivity contribution in [1.82, 2.24) is 10.2 Å². The lowest BCUT2D eigenvalue weighted by Gasteiger charge is -2.21. The van der Waals surface area contributed by atoms with Crippen LogP contribution >= 0.6 is 0 Å². The van der Waals surface area contributed by atoms with Crippen LogP contribution in [0.5, 0.6) is 5.75 Å². The van der Waals surface area contributed by atoms with E-state index in [1.54, 1.807) is 12.1 Å². The number of amides is 1. The zero-order valence-corrected chi connectivity index (χ0v) is 14.8. The van der Waals surface area contributed by atoms with E-state index in [9.17, 15) is 9.18 Å². The number of nitrogens with one attached hydrogen (secondary N) is 1. The molecule has 2 aromatic carbocycles. The first-order valence-corrected chi connectivity index (χ1v) is 8.50. The Morgan fingerprint density at radius 3 is 2.72 bits per heavy atom. The third kappa shape index (κ3) is 6.55. The lowest BCUT2D eigenvalue weighted by atomic mass is 10.1. The van der Waals surface area contributed by atoms with Gasteiger partial charge in [0.1, 0.15) is 18.2 Å². The van der Waals surface area contributed by atoms with E-state index >= 15 is 0 Å². The molecule has 0 atom stereocenters. The first kappa shape index (κ1) is 18.9. The fourth-order valence-electron chi connectivity index (χ4n) is 2.48. The van der Waals surface area contributed by atoms with Gasteiger partial charge in [0.2, 0.25) is 5.91 Å². The predicted molar refractivity (Wildman–Crippen MR) is 97.0 cm³/mol. The van der Waals surface area contributed by atoms with Gasteiger partial charge in [-0.2, -0.15) is 0 Å². The highest BCUT2D eigenvalue weighted by molar-refractivity contribution is 5.78. The zero-order valence-electron chi connectivity index (χ0n) is 14.8. The van der Waals surface area contributed by atoms with Gasteiger partial charge in [-0.3, -0.25) is 9.69 Å². The van der Waals surface area contributed by atoms with E-state index in [0.29, 0.717) is 25.4 Å². The topological polar surface area (TPSA) is 41.6 Å². The van der Waals surface area contributed by atoms with Crippen LogP contribution in [0.15, 0.2) is 48.5 Å². The molecule has 1 N–H and O–H groups in total. The Hall–Kier alpha value is -2.40. The average molecular weight is 344 g/mol. The molecule has 0 saturated carbocycles. The second-order valence-electron chi connectivity index (χ2n) is 5.89. The molecule has 0 fully saturated rings. The lowest BCUT2D eigenvalue weighted by Crippen LogP contribution is -2.38. The fourth-order valence-corrected chi connectivity index (χ4v) is 2.48. The number of halogens is 1. The van der Waals surface area contributed by atoms with Crippen molar-refractivity contribution < 1.29 is 13.9 Å². The Kier molecular flexibility index (Phi) is 7.41. The molecule has 0 aliphatic rings. The van der Waals surface area contributed by atoms with E-state index in [1.807, 2.05) is 19.1 Å². The van der Waals surface area contributed by atoms with Crippen molar-refractivity contribution in [1.29, 1.82) is 0 Å². The van der Waals surface area contributed by atoms with Gasteiger partial charge >= 0.3 is 0 Å². The molecule has 25 heavy (non-hydrogen) atoms. The van der Waals surface area contributed by atoms with Crippen LogP contribution in [0.1, 0.15) is 18.1 Å². The molecule has 4 nitrogen and oxygen atoms in total. The van der Waals surface area contributed by atoms with Gasteiger partial charge in [-0.05, 0) is 36.7 Å². The molecule has 2 aromatic rings. The second-order valence-corrected chi connectivity index (χ2v) is 5.89. The van der Waals surface area contributed by atoms with E-state index in [-0.39, 0.29) is 11.7 Å². The first-order chi connectivity index (χ1) is 12.1. The summed E-state index contributed by atoms with van der Waals surface area (Å²) in [5.74, 6) is 0.0820. The van der Waals surface area contributed by atoms with Crippen molar-refractivity contribution in [2.45, 2.75) is 20.4 Å². The van der Waals surface area contributed by atoms with Crippen LogP contribution in [0.2, 0.25) is 0 Å². The Balaban J connectivity index is 1.72. The summed E-state index contributed by atoms with van der Waals surface area (Å²) in [5, 5.41) is 2.83. The van der Waals surface area contributed by atoms with Crippen LogP contribution in [-0.2, 0) is 11.3 Å². The third-order valence-corrected chi connectivity index (χ3v) is 3.96. The molecule has 0 heterocycles. The summed E-state index contributed by atoms with van der Waals surface area (Å²) >= 11 is 0. The average Bonchev–Trinajstić information content (AvgIpc) is 2.60. The Morgan fingerprint density at radius 1 is 1.20 bits per heavy atom. The number of likely N-dealkylation sites (N-methyl/N-ethyl adjacent to an activating group) is 1. The molecular weight excluding hydrogens is 319 g/mol. The second kappa shape index (κ2) is 9.79. The molecule has 0 radical (unpaired) electrons. The van der Waals surface area contributed by atoms with Crippen molar-refractivity contribution >= 4 is 5.91 Å². The largest absolute Gasteiger partial charge is 0.492 e. The number of nitrogens with zero attached hydrogens (tertiary/aromatic N) is 1. The molecule has 0 saturated heterocycles. The van der Waals surface area contributed by atoms with Crippen molar-refractivity contribution in [2.24, 2.45) is 0 Å². The van der Waals surface area contributed by atoms with Gasteiger partial charge in [0.25, 0.3) is 0 Å². The number of rotatable bonds is 9. The van der Waals surface area contributed by atoms with Crippen LogP contribution < -0.4 is 10.1 Å². The molecule has 0 aliphatic carbocycles. The molecular formula is C20H25FN2O2. The summed E-state index contributed by atoms with van der Waals surface area (Å²) in [6.45, 7) is 6.69. The summed E-state index contributed by atoms with van der Waals surface area (Å²) in [4.78, 5) is 14.2. The highest BCUT2D eigenvalue weighted by Crippen LogP contribution is 2.11. The number of hydrogen-bond acceptors (Lipinski definition) is 3. The van der Waals surface area contributed by atoms with Crippen LogP contribution in [0.25, 0.3) is 0 Å². The van der Waals surface area contributed by atoms with E-state index in [4.69, 9.17) is 4.74 Å². The van der Waals surface area contributed by atoms with Gasteiger partial charge < -0.3 is 10.1 Å². The number of ether oxygens (including phenoxy) is 1. The molecule has 2 rings (SSSR count). The minimum Gasteiger partial charge on any atom is -0.492 e. The lowest BCUT2D eigenvalue weighted by molar-refractivity contribution is -0.122. The first-order valence-electron chi connectivity index (χ1n) is 8.50. The summed E-state index contributed by atoms with van der Waals surface area (Å²) in [5.41, 5.74) is 2.46.